The number of nitrogens with two attached hydrogens (primary N) is 1. The summed E-state index contributed by atoms with van der Waals surface area (Å²) in [6.45, 7) is 2.02. The van der Waals surface area contributed by atoms with Crippen molar-refractivity contribution in [3.63, 3.8) is 0 Å². The van der Waals surface area contributed by atoms with Crippen LogP contribution >= 0.6 is 0 Å². The van der Waals surface area contributed by atoms with Gasteiger partial charge < -0.3 is 11.1 Å². The van der Waals surface area contributed by atoms with Gasteiger partial charge in [-0.3, -0.25) is 14.9 Å². The fraction of sp³-hybridized carbons (Fsp3) is 0.133. The van der Waals surface area contributed by atoms with Crippen molar-refractivity contribution in [2.75, 3.05) is 11.1 Å². The number of nitro groups is 1. The number of aryl methyl sites for hydroxylation is 1. The Labute approximate surface area is 121 Å². The number of nitrogens with zero attached hydrogens (tertiary/aromatic N) is 1. The molecule has 0 heterocycles. The molecule has 0 fully saturated rings. The number of nitrogen functional groups attached to an aromatic ring is 1. The van der Waals surface area contributed by atoms with Crippen LogP contribution in [-0.4, -0.2) is 10.8 Å². The fourth-order valence-corrected chi connectivity index (χ4v) is 1.92. The van der Waals surface area contributed by atoms with Gasteiger partial charge in [0.05, 0.1) is 4.92 Å². The molecule has 21 heavy (non-hydrogen) atoms. The quantitative estimate of drug-likeness (QED) is 0.512. The van der Waals surface area contributed by atoms with E-state index in [0.717, 1.165) is 12.0 Å². The van der Waals surface area contributed by atoms with Gasteiger partial charge >= 0.3 is 0 Å². The molecule has 0 aliphatic heterocycles. The molecule has 1 amide bonds. The molecular weight excluding hydrogens is 270 g/mol. The standard InChI is InChI=1S/C15H15N3O3/c1-2-10-4-3-5-12(8-10)17-15(19)11-6-7-13(16)14(9-11)18(20)21/h3-9H,2,16H2,1H3,(H,17,19). The first-order chi connectivity index (χ1) is 10.0. The first-order valence-corrected chi connectivity index (χ1v) is 6.45. The second-order valence-corrected chi connectivity index (χ2v) is 4.54. The van der Waals surface area contributed by atoms with Gasteiger partial charge in [0.1, 0.15) is 5.69 Å². The number of carbonyl (C=O) groups is 1. The van der Waals surface area contributed by atoms with Gasteiger partial charge in [0.2, 0.25) is 0 Å². The van der Waals surface area contributed by atoms with E-state index in [2.05, 4.69) is 5.32 Å². The van der Waals surface area contributed by atoms with Gasteiger partial charge in [-0.1, -0.05) is 19.1 Å². The van der Waals surface area contributed by atoms with Crippen LogP contribution in [-0.2, 0) is 6.42 Å². The number of anilines is 2. The summed E-state index contributed by atoms with van der Waals surface area (Å²) in [7, 11) is 0. The van der Waals surface area contributed by atoms with Gasteiger partial charge in [0.15, 0.2) is 0 Å². The predicted octanol–water partition coefficient (Wildman–Crippen LogP) is 2.99. The minimum absolute atomic E-state index is 0.0320. The van der Waals surface area contributed by atoms with Crippen LogP contribution in [0.15, 0.2) is 42.5 Å². The Morgan fingerprint density at radius 3 is 2.71 bits per heavy atom. The number of nitro benzene ring substituents is 1. The van der Waals surface area contributed by atoms with E-state index >= 15 is 0 Å². The highest BCUT2D eigenvalue weighted by Gasteiger charge is 2.15. The zero-order valence-corrected chi connectivity index (χ0v) is 11.5. The summed E-state index contributed by atoms with van der Waals surface area (Å²) in [4.78, 5) is 22.4. The SMILES string of the molecule is CCc1cccc(NC(=O)c2ccc(N)c([N+](=O)[O-])c2)c1. The van der Waals surface area contributed by atoms with Crippen LogP contribution in [0.3, 0.4) is 0 Å². The summed E-state index contributed by atoms with van der Waals surface area (Å²) in [5.41, 5.74) is 7.20. The smallest absolute Gasteiger partial charge is 0.292 e. The highest BCUT2D eigenvalue weighted by molar-refractivity contribution is 6.05. The Kier molecular flexibility index (Phi) is 4.18. The molecule has 6 heteroatoms. The Balaban J connectivity index is 2.24. The molecule has 0 radical (unpaired) electrons. The molecule has 0 aliphatic carbocycles. The Hall–Kier alpha value is -2.89. The summed E-state index contributed by atoms with van der Waals surface area (Å²) in [5, 5.41) is 13.5. The van der Waals surface area contributed by atoms with Gasteiger partial charge in [0, 0.05) is 17.3 Å². The van der Waals surface area contributed by atoms with E-state index in [0.29, 0.717) is 5.69 Å². The number of amides is 1. The van der Waals surface area contributed by atoms with Crippen LogP contribution in [0.1, 0.15) is 22.8 Å². The van der Waals surface area contributed by atoms with E-state index < -0.39 is 10.8 Å². The molecular formula is C15H15N3O3. The lowest BCUT2D eigenvalue weighted by Gasteiger charge is -2.07. The number of nitrogens with one attached hydrogen (secondary N) is 1. The fourth-order valence-electron chi connectivity index (χ4n) is 1.92. The molecule has 6 nitrogen and oxygen atoms in total. The second kappa shape index (κ2) is 6.04. The van der Waals surface area contributed by atoms with Gasteiger partial charge in [-0.2, -0.15) is 0 Å². The summed E-state index contributed by atoms with van der Waals surface area (Å²) in [5.74, 6) is -0.411. The highest BCUT2D eigenvalue weighted by atomic mass is 16.6. The number of carbonyl (C=O) groups excluding carboxylic acids is 1. The van der Waals surface area contributed by atoms with Crippen LogP contribution < -0.4 is 11.1 Å². The summed E-state index contributed by atoms with van der Waals surface area (Å²) in [6, 6.07) is 11.4. The monoisotopic (exact) mass is 285 g/mol. The summed E-state index contributed by atoms with van der Waals surface area (Å²) < 4.78 is 0. The normalized spacial score (nSPS) is 10.1. The van der Waals surface area contributed by atoms with E-state index in [1.165, 1.54) is 18.2 Å². The van der Waals surface area contributed by atoms with Crippen molar-refractivity contribution in [2.45, 2.75) is 13.3 Å². The topological polar surface area (TPSA) is 98.3 Å². The first-order valence-electron chi connectivity index (χ1n) is 6.45. The van der Waals surface area contributed by atoms with Gasteiger partial charge in [-0.05, 0) is 36.2 Å². The summed E-state index contributed by atoms with van der Waals surface area (Å²) >= 11 is 0. The molecule has 0 saturated heterocycles. The lowest BCUT2D eigenvalue weighted by atomic mass is 10.1. The molecule has 108 valence electrons. The van der Waals surface area contributed by atoms with Crippen molar-refractivity contribution in [3.8, 4) is 0 Å². The van der Waals surface area contributed by atoms with Crippen molar-refractivity contribution in [1.29, 1.82) is 0 Å². The lowest BCUT2D eigenvalue weighted by Crippen LogP contribution is -2.12. The van der Waals surface area contributed by atoms with E-state index in [1.807, 2.05) is 25.1 Å². The molecule has 0 saturated carbocycles. The van der Waals surface area contributed by atoms with Gasteiger partial charge in [-0.15, -0.1) is 0 Å². The number of hydrogen-bond donors (Lipinski definition) is 2. The molecule has 0 spiro atoms. The third-order valence-corrected chi connectivity index (χ3v) is 3.08. The molecule has 2 aromatic carbocycles. The molecule has 0 bridgehead atoms. The highest BCUT2D eigenvalue weighted by Crippen LogP contribution is 2.23. The van der Waals surface area contributed by atoms with Crippen molar-refractivity contribution in [3.05, 3.63) is 63.7 Å². The Morgan fingerprint density at radius 1 is 1.29 bits per heavy atom. The largest absolute Gasteiger partial charge is 0.393 e. The molecule has 0 aromatic heterocycles. The van der Waals surface area contributed by atoms with Crippen molar-refractivity contribution in [2.24, 2.45) is 0 Å². The first kappa shape index (κ1) is 14.5. The van der Waals surface area contributed by atoms with Crippen LogP contribution in [0, 0.1) is 10.1 Å². The molecule has 0 aliphatic rings. The zero-order chi connectivity index (χ0) is 15.4. The molecule has 3 N–H and O–H groups in total. The zero-order valence-electron chi connectivity index (χ0n) is 11.5. The Morgan fingerprint density at radius 2 is 2.05 bits per heavy atom. The van der Waals surface area contributed by atoms with Crippen LogP contribution in [0.25, 0.3) is 0 Å². The minimum Gasteiger partial charge on any atom is -0.393 e. The van der Waals surface area contributed by atoms with E-state index in [9.17, 15) is 14.9 Å². The van der Waals surface area contributed by atoms with Gasteiger partial charge in [0.25, 0.3) is 11.6 Å². The van der Waals surface area contributed by atoms with Crippen LogP contribution in [0.2, 0.25) is 0 Å². The average Bonchev–Trinajstić information content (AvgIpc) is 2.47. The third kappa shape index (κ3) is 3.36. The lowest BCUT2D eigenvalue weighted by molar-refractivity contribution is -0.383. The van der Waals surface area contributed by atoms with E-state index in [-0.39, 0.29) is 16.9 Å². The maximum Gasteiger partial charge on any atom is 0.292 e. The predicted molar refractivity (Wildman–Crippen MR) is 81.3 cm³/mol. The average molecular weight is 285 g/mol. The number of rotatable bonds is 4. The minimum atomic E-state index is -0.607. The third-order valence-electron chi connectivity index (χ3n) is 3.08. The second-order valence-electron chi connectivity index (χ2n) is 4.54. The Bertz CT molecular complexity index is 698. The molecule has 2 aromatic rings. The van der Waals surface area contributed by atoms with Crippen LogP contribution in [0.5, 0.6) is 0 Å². The number of hydrogen-bond acceptors (Lipinski definition) is 4. The molecule has 2 rings (SSSR count). The summed E-state index contributed by atoms with van der Waals surface area (Å²) in [6.07, 6.45) is 0.858. The molecule has 0 atom stereocenters. The maximum absolute atomic E-state index is 12.1. The van der Waals surface area contributed by atoms with E-state index in [4.69, 9.17) is 5.73 Å². The van der Waals surface area contributed by atoms with Gasteiger partial charge in [-0.25, -0.2) is 0 Å². The van der Waals surface area contributed by atoms with Crippen molar-refractivity contribution < 1.29 is 9.72 Å². The van der Waals surface area contributed by atoms with E-state index in [1.54, 1.807) is 6.07 Å². The van der Waals surface area contributed by atoms with Crippen LogP contribution in [0.4, 0.5) is 17.1 Å². The van der Waals surface area contributed by atoms with Crippen molar-refractivity contribution >= 4 is 23.0 Å². The maximum atomic E-state index is 12.1. The number of benzene rings is 2. The van der Waals surface area contributed by atoms with Crippen molar-refractivity contribution in [1.82, 2.24) is 0 Å². The molecule has 0 unspecified atom stereocenters.